The summed E-state index contributed by atoms with van der Waals surface area (Å²) in [6.45, 7) is -1.89. The number of benzene rings is 1. The maximum Gasteiger partial charge on any atom is 0.425 e. The van der Waals surface area contributed by atoms with Gasteiger partial charge >= 0.3 is 24.1 Å². The third-order valence-electron chi connectivity index (χ3n) is 4.24. The number of hydrogen-bond donors (Lipinski definition) is 1. The molecule has 0 radical (unpaired) electrons. The molecule has 12 heteroatoms. The number of carbonyl (C=O) groups excluding carboxylic acids is 4. The van der Waals surface area contributed by atoms with Crippen LogP contribution in [0, 0.1) is 0 Å². The highest BCUT2D eigenvalue weighted by Crippen LogP contribution is 2.43. The number of halogens is 3. The van der Waals surface area contributed by atoms with Crippen LogP contribution >= 0.6 is 0 Å². The molecule has 9 nitrogen and oxygen atoms in total. The van der Waals surface area contributed by atoms with Gasteiger partial charge in [-0.1, -0.05) is 30.3 Å². The predicted octanol–water partition coefficient (Wildman–Crippen LogP) is 0.602. The number of nitrogens with one attached hydrogen (secondary N) is 1. The number of methoxy groups -OCH3 is 2. The lowest BCUT2D eigenvalue weighted by molar-refractivity contribution is -0.199. The second-order valence-electron chi connectivity index (χ2n) is 6.06. The standard InChI is InChI=1S/C17H18F3N3O6/c1-28-12(24)8-22(9-13(25)29-2)10-23-14(26)16(17(18,19)20,21-15(23)27)11-6-4-3-5-7-11/h3-7H,8-10H2,1-2H3,(H,21,27). The van der Waals surface area contributed by atoms with Crippen molar-refractivity contribution < 1.29 is 41.8 Å². The van der Waals surface area contributed by atoms with Gasteiger partial charge < -0.3 is 14.8 Å². The zero-order chi connectivity index (χ0) is 21.8. The lowest BCUT2D eigenvalue weighted by Gasteiger charge is -2.30. The van der Waals surface area contributed by atoms with Crippen molar-refractivity contribution in [3.63, 3.8) is 0 Å². The summed E-state index contributed by atoms with van der Waals surface area (Å²) in [5.41, 5.74) is -3.76. The van der Waals surface area contributed by atoms with Gasteiger partial charge in [0.1, 0.15) is 0 Å². The number of ether oxygens (including phenoxy) is 2. The SMILES string of the molecule is COC(=O)CN(CC(=O)OC)CN1C(=O)NC(c2ccccc2)(C(F)(F)F)C1=O. The van der Waals surface area contributed by atoms with E-state index in [9.17, 15) is 32.3 Å². The van der Waals surface area contributed by atoms with Crippen molar-refractivity contribution in [1.29, 1.82) is 0 Å². The fourth-order valence-electron chi connectivity index (χ4n) is 2.79. The molecule has 1 aliphatic rings. The number of nitrogens with zero attached hydrogens (tertiary/aromatic N) is 2. The van der Waals surface area contributed by atoms with Gasteiger partial charge in [0.05, 0.1) is 34.0 Å². The fourth-order valence-corrected chi connectivity index (χ4v) is 2.79. The van der Waals surface area contributed by atoms with Crippen LogP contribution in [0.25, 0.3) is 0 Å². The minimum atomic E-state index is -5.15. The van der Waals surface area contributed by atoms with Crippen molar-refractivity contribution in [3.8, 4) is 0 Å². The molecule has 3 amide bonds. The lowest BCUT2D eigenvalue weighted by atomic mass is 9.89. The van der Waals surface area contributed by atoms with Crippen LogP contribution in [-0.4, -0.2) is 73.8 Å². The van der Waals surface area contributed by atoms with Crippen LogP contribution in [-0.2, 0) is 29.4 Å². The molecule has 158 valence electrons. The third-order valence-corrected chi connectivity index (χ3v) is 4.24. The van der Waals surface area contributed by atoms with E-state index in [-0.39, 0.29) is 4.90 Å². The van der Waals surface area contributed by atoms with Crippen LogP contribution in [0.5, 0.6) is 0 Å². The number of carbonyl (C=O) groups is 4. The normalized spacial score (nSPS) is 19.3. The zero-order valence-corrected chi connectivity index (χ0v) is 15.5. The first-order valence-corrected chi connectivity index (χ1v) is 8.19. The molecule has 1 saturated heterocycles. The van der Waals surface area contributed by atoms with E-state index in [4.69, 9.17) is 0 Å². The molecule has 1 N–H and O–H groups in total. The van der Waals surface area contributed by atoms with Gasteiger partial charge in [-0.05, 0) is 5.56 Å². The van der Waals surface area contributed by atoms with Crippen molar-refractivity contribution in [1.82, 2.24) is 15.1 Å². The van der Waals surface area contributed by atoms with E-state index >= 15 is 0 Å². The average Bonchev–Trinajstić information content (AvgIpc) is 2.93. The molecule has 1 fully saturated rings. The van der Waals surface area contributed by atoms with E-state index < -0.39 is 60.9 Å². The highest BCUT2D eigenvalue weighted by atomic mass is 19.4. The Morgan fingerprint density at radius 3 is 2.03 bits per heavy atom. The molecule has 0 saturated carbocycles. The second kappa shape index (κ2) is 8.47. The molecule has 1 aliphatic heterocycles. The molecular formula is C17H18F3N3O6. The largest absolute Gasteiger partial charge is 0.468 e. The summed E-state index contributed by atoms with van der Waals surface area (Å²) < 4.78 is 50.7. The van der Waals surface area contributed by atoms with Crippen LogP contribution in [0.1, 0.15) is 5.56 Å². The van der Waals surface area contributed by atoms with Crippen molar-refractivity contribution in [2.45, 2.75) is 11.7 Å². The summed E-state index contributed by atoms with van der Waals surface area (Å²) >= 11 is 0. The van der Waals surface area contributed by atoms with Gasteiger partial charge in [-0.2, -0.15) is 13.2 Å². The number of urea groups is 1. The molecule has 0 bridgehead atoms. The summed E-state index contributed by atoms with van der Waals surface area (Å²) in [6, 6.07) is 4.86. The van der Waals surface area contributed by atoms with Crippen LogP contribution in [0.2, 0.25) is 0 Å². The summed E-state index contributed by atoms with van der Waals surface area (Å²) in [6.07, 6.45) is -5.15. The molecule has 1 unspecified atom stereocenters. The maximum absolute atomic E-state index is 13.9. The molecule has 2 rings (SSSR count). The Kier molecular flexibility index (Phi) is 6.47. The van der Waals surface area contributed by atoms with Crippen LogP contribution in [0.3, 0.4) is 0 Å². The topological polar surface area (TPSA) is 105 Å². The van der Waals surface area contributed by atoms with Crippen molar-refractivity contribution in [3.05, 3.63) is 35.9 Å². The predicted molar refractivity (Wildman–Crippen MR) is 90.0 cm³/mol. The average molecular weight is 417 g/mol. The smallest absolute Gasteiger partial charge is 0.425 e. The van der Waals surface area contributed by atoms with Crippen molar-refractivity contribution in [2.75, 3.05) is 34.0 Å². The zero-order valence-electron chi connectivity index (χ0n) is 15.5. The van der Waals surface area contributed by atoms with Crippen LogP contribution < -0.4 is 5.32 Å². The number of hydrogen-bond acceptors (Lipinski definition) is 7. The van der Waals surface area contributed by atoms with Crippen molar-refractivity contribution >= 4 is 23.9 Å². The third kappa shape index (κ3) is 4.31. The molecule has 1 heterocycles. The van der Waals surface area contributed by atoms with Gasteiger partial charge in [-0.25, -0.2) is 9.69 Å². The molecule has 0 aliphatic carbocycles. The summed E-state index contributed by atoms with van der Waals surface area (Å²) in [5, 5.41) is 1.72. The van der Waals surface area contributed by atoms with E-state index in [0.29, 0.717) is 0 Å². The van der Waals surface area contributed by atoms with E-state index in [1.165, 1.54) is 18.2 Å². The van der Waals surface area contributed by atoms with Gasteiger partial charge in [0, 0.05) is 0 Å². The maximum atomic E-state index is 13.9. The lowest BCUT2D eigenvalue weighted by Crippen LogP contribution is -2.56. The number of rotatable bonds is 7. The number of imide groups is 1. The molecule has 29 heavy (non-hydrogen) atoms. The Morgan fingerprint density at radius 1 is 1.07 bits per heavy atom. The van der Waals surface area contributed by atoms with Crippen LogP contribution in [0.4, 0.5) is 18.0 Å². The van der Waals surface area contributed by atoms with Gasteiger partial charge in [0.25, 0.3) is 5.91 Å². The summed E-state index contributed by atoms with van der Waals surface area (Å²) in [7, 11) is 2.13. The van der Waals surface area contributed by atoms with Crippen molar-refractivity contribution in [2.24, 2.45) is 0 Å². The molecule has 1 aromatic rings. The van der Waals surface area contributed by atoms with E-state index in [1.54, 1.807) is 5.32 Å². The van der Waals surface area contributed by atoms with E-state index in [2.05, 4.69) is 9.47 Å². The Morgan fingerprint density at radius 2 is 1.59 bits per heavy atom. The Balaban J connectivity index is 2.38. The molecule has 1 atom stereocenters. The Labute approximate surface area is 163 Å². The van der Waals surface area contributed by atoms with Gasteiger partial charge in [-0.15, -0.1) is 0 Å². The number of alkyl halides is 3. The summed E-state index contributed by atoms with van der Waals surface area (Å²) in [5.74, 6) is -3.24. The monoisotopic (exact) mass is 417 g/mol. The first-order chi connectivity index (χ1) is 13.6. The van der Waals surface area contributed by atoms with Crippen LogP contribution in [0.15, 0.2) is 30.3 Å². The minimum absolute atomic E-state index is 0.284. The fraction of sp³-hybridized carbons (Fsp3) is 0.412. The first-order valence-electron chi connectivity index (χ1n) is 8.19. The first kappa shape index (κ1) is 22.1. The molecular weight excluding hydrogens is 399 g/mol. The molecule has 1 aromatic carbocycles. The molecule has 0 spiro atoms. The number of esters is 2. The quantitative estimate of drug-likeness (QED) is 0.512. The Hall–Kier alpha value is -3.15. The second-order valence-corrected chi connectivity index (χ2v) is 6.06. The molecule has 0 aromatic heterocycles. The van der Waals surface area contributed by atoms with Gasteiger partial charge in [0.15, 0.2) is 0 Å². The van der Waals surface area contributed by atoms with E-state index in [0.717, 1.165) is 31.3 Å². The highest BCUT2D eigenvalue weighted by molar-refractivity contribution is 6.08. The minimum Gasteiger partial charge on any atom is -0.468 e. The van der Waals surface area contributed by atoms with Gasteiger partial charge in [0.2, 0.25) is 5.54 Å². The highest BCUT2D eigenvalue weighted by Gasteiger charge is 2.68. The van der Waals surface area contributed by atoms with Gasteiger partial charge in [-0.3, -0.25) is 19.3 Å². The summed E-state index contributed by atoms with van der Waals surface area (Å²) in [4.78, 5) is 49.4. The number of amides is 3. The van der Waals surface area contributed by atoms with E-state index in [1.807, 2.05) is 0 Å². The Bertz CT molecular complexity index is 783.